The molecule has 5 unspecified atom stereocenters. The highest BCUT2D eigenvalue weighted by Crippen LogP contribution is 2.48. The SMILES string of the molecule is CC(C)OC1CCCC1.CC(C)OC1CCCCC1.CC(C)OCCc1ccccc1.CC(C)OCc1ccccc1.CC(C)Oc1ccccc1.CCC(C)OCc1ccccc1.CCCOC(C)CCC.CCOC(C)(C)C.CCOCC1CC2CCC1C2.CCOCC1CCCCC1.CCOCCC1CCCCC1.COC(C)(C)C. The van der Waals surface area contributed by atoms with Crippen LogP contribution in [0.15, 0.2) is 121 Å². The third kappa shape index (κ3) is 78.2. The van der Waals surface area contributed by atoms with Gasteiger partial charge in [0.2, 0.25) is 0 Å². The molecule has 6 aliphatic rings. The van der Waals surface area contributed by atoms with Crippen molar-refractivity contribution >= 4 is 0 Å². The lowest BCUT2D eigenvalue weighted by Crippen LogP contribution is -2.20. The van der Waals surface area contributed by atoms with Crippen LogP contribution in [0.1, 0.15) is 370 Å². The molecule has 0 aliphatic heterocycles. The molecule has 4 aromatic carbocycles. The Morgan fingerprint density at radius 3 is 1.17 bits per heavy atom. The number of para-hydroxylation sites is 1. The first kappa shape index (κ1) is 116. The van der Waals surface area contributed by atoms with Crippen molar-refractivity contribution in [3.8, 4) is 5.75 Å². The fourth-order valence-corrected chi connectivity index (χ4v) is 14.2. The van der Waals surface area contributed by atoms with E-state index in [1.54, 1.807) is 7.11 Å². The Morgan fingerprint density at radius 1 is 0.364 bits per heavy atom. The van der Waals surface area contributed by atoms with E-state index in [-0.39, 0.29) is 17.3 Å². The van der Waals surface area contributed by atoms with Crippen molar-refractivity contribution in [3.05, 3.63) is 138 Å². The molecule has 0 radical (unpaired) electrons. The lowest BCUT2D eigenvalue weighted by Gasteiger charge is -2.23. The average molecular weight is 1660 g/mol. The third-order valence-corrected chi connectivity index (χ3v) is 20.8. The van der Waals surface area contributed by atoms with Crippen molar-refractivity contribution in [3.63, 3.8) is 0 Å². The molecule has 0 N–H and O–H groups in total. The molecular formula is C106H192O12. The first-order valence-electron chi connectivity index (χ1n) is 48.0. The van der Waals surface area contributed by atoms with Crippen molar-refractivity contribution in [1.82, 2.24) is 0 Å². The summed E-state index contributed by atoms with van der Waals surface area (Å²) in [5.74, 6) is 5.84. The largest absolute Gasteiger partial charge is 0.491 e. The van der Waals surface area contributed by atoms with Crippen molar-refractivity contribution in [2.45, 2.75) is 439 Å². The summed E-state index contributed by atoms with van der Waals surface area (Å²) in [7, 11) is 1.71. The molecule has 12 heteroatoms. The predicted molar refractivity (Wildman–Crippen MR) is 507 cm³/mol. The maximum Gasteiger partial charge on any atom is 0.119 e. The summed E-state index contributed by atoms with van der Waals surface area (Å²) in [6.07, 6.45) is 43.1. The fraction of sp³-hybridized carbons (Fsp3) is 0.774. The smallest absolute Gasteiger partial charge is 0.119 e. The highest BCUT2D eigenvalue weighted by Gasteiger charge is 2.39. The lowest BCUT2D eigenvalue weighted by molar-refractivity contribution is -0.0118. The van der Waals surface area contributed by atoms with E-state index in [9.17, 15) is 0 Å². The number of rotatable bonds is 33. The van der Waals surface area contributed by atoms with Gasteiger partial charge in [0.25, 0.3) is 0 Å². The molecule has 6 fully saturated rings. The second kappa shape index (κ2) is 79.2. The number of hydrogen-bond acceptors (Lipinski definition) is 12. The van der Waals surface area contributed by atoms with E-state index in [0.29, 0.717) is 48.8 Å². The molecular weight excluding hydrogens is 1470 g/mol. The summed E-state index contributed by atoms with van der Waals surface area (Å²) in [5, 5.41) is 0. The van der Waals surface area contributed by atoms with Crippen molar-refractivity contribution in [1.29, 1.82) is 0 Å². The molecule has 0 amide bonds. The highest BCUT2D eigenvalue weighted by atomic mass is 16.5. The van der Waals surface area contributed by atoms with E-state index >= 15 is 0 Å². The molecule has 6 saturated carbocycles. The van der Waals surface area contributed by atoms with Crippen LogP contribution in [0.5, 0.6) is 5.75 Å². The zero-order chi connectivity index (χ0) is 88.3. The zero-order valence-electron chi connectivity index (χ0n) is 81.8. The second-order valence-electron chi connectivity index (χ2n) is 36.1. The van der Waals surface area contributed by atoms with E-state index in [4.69, 9.17) is 56.8 Å². The van der Waals surface area contributed by atoms with Gasteiger partial charge in [-0.15, -0.1) is 0 Å². The molecule has 2 bridgehead atoms. The molecule has 118 heavy (non-hydrogen) atoms. The van der Waals surface area contributed by atoms with E-state index in [2.05, 4.69) is 166 Å². The Morgan fingerprint density at radius 2 is 0.797 bits per heavy atom. The Kier molecular flexibility index (Phi) is 78.0. The minimum absolute atomic E-state index is 0.0417. The molecule has 0 saturated heterocycles. The summed E-state index contributed by atoms with van der Waals surface area (Å²) < 4.78 is 64.9. The van der Waals surface area contributed by atoms with Gasteiger partial charge in [0.1, 0.15) is 5.75 Å². The maximum absolute atomic E-state index is 5.69. The first-order chi connectivity index (χ1) is 56.5. The summed E-state index contributed by atoms with van der Waals surface area (Å²) in [5.41, 5.74) is 3.92. The van der Waals surface area contributed by atoms with Gasteiger partial charge in [0.05, 0.1) is 86.0 Å². The molecule has 0 aromatic heterocycles. The molecule has 5 atom stereocenters. The van der Waals surface area contributed by atoms with Crippen LogP contribution in [0, 0.1) is 29.6 Å². The van der Waals surface area contributed by atoms with E-state index in [0.717, 1.165) is 127 Å². The molecule has 0 spiro atoms. The van der Waals surface area contributed by atoms with Gasteiger partial charge in [-0.3, -0.25) is 0 Å². The van der Waals surface area contributed by atoms with Gasteiger partial charge in [-0.1, -0.05) is 226 Å². The number of ether oxygens (including phenoxy) is 12. The molecule has 0 heterocycles. The third-order valence-electron chi connectivity index (χ3n) is 20.8. The normalized spacial score (nSPS) is 17.7. The van der Waals surface area contributed by atoms with Crippen LogP contribution in [-0.2, 0) is 71.7 Å². The number of methoxy groups -OCH3 is 1. The Hall–Kier alpha value is -3.76. The van der Waals surface area contributed by atoms with Crippen LogP contribution >= 0.6 is 0 Å². The van der Waals surface area contributed by atoms with Gasteiger partial charge < -0.3 is 56.8 Å². The van der Waals surface area contributed by atoms with Crippen molar-refractivity contribution in [2.24, 2.45) is 29.6 Å². The monoisotopic (exact) mass is 1660 g/mol. The minimum Gasteiger partial charge on any atom is -0.491 e. The van der Waals surface area contributed by atoms with E-state index in [1.165, 1.54) is 184 Å². The fourth-order valence-electron chi connectivity index (χ4n) is 14.2. The Balaban J connectivity index is 0. The average Bonchev–Trinajstić information content (AvgIpc) is 1.68. The number of hydrogen-bond donors (Lipinski definition) is 0. The van der Waals surface area contributed by atoms with Gasteiger partial charge >= 0.3 is 0 Å². The van der Waals surface area contributed by atoms with Gasteiger partial charge in [-0.25, -0.2) is 0 Å². The van der Waals surface area contributed by atoms with Crippen LogP contribution in [0.3, 0.4) is 0 Å². The molecule has 688 valence electrons. The van der Waals surface area contributed by atoms with Crippen LogP contribution in [0.4, 0.5) is 0 Å². The summed E-state index contributed by atoms with van der Waals surface area (Å²) in [4.78, 5) is 0. The van der Waals surface area contributed by atoms with Gasteiger partial charge in [0, 0.05) is 60.0 Å². The number of fused-ring (bicyclic) bond motifs is 2. The molecule has 10 rings (SSSR count). The van der Waals surface area contributed by atoms with Gasteiger partial charge in [-0.05, 0) is 301 Å². The molecule has 6 aliphatic carbocycles. The van der Waals surface area contributed by atoms with E-state index < -0.39 is 0 Å². The first-order valence-corrected chi connectivity index (χ1v) is 48.0. The Labute approximate surface area is 731 Å². The summed E-state index contributed by atoms with van der Waals surface area (Å²) in [6, 6.07) is 40.7. The quantitative estimate of drug-likeness (QED) is 0.0424. The zero-order valence-corrected chi connectivity index (χ0v) is 81.8. The van der Waals surface area contributed by atoms with E-state index in [1.807, 2.05) is 128 Å². The summed E-state index contributed by atoms with van der Waals surface area (Å²) in [6.45, 7) is 61.6. The van der Waals surface area contributed by atoms with Crippen LogP contribution in [0.2, 0.25) is 0 Å². The second-order valence-corrected chi connectivity index (χ2v) is 36.1. The van der Waals surface area contributed by atoms with Gasteiger partial charge in [0.15, 0.2) is 0 Å². The Bertz CT molecular complexity index is 2600. The van der Waals surface area contributed by atoms with Crippen LogP contribution in [-0.4, -0.2) is 133 Å². The minimum atomic E-state index is 0.0417. The van der Waals surface area contributed by atoms with Crippen LogP contribution in [0.25, 0.3) is 0 Å². The number of benzene rings is 4. The molecule has 12 nitrogen and oxygen atoms in total. The highest BCUT2D eigenvalue weighted by molar-refractivity contribution is 5.21. The van der Waals surface area contributed by atoms with Gasteiger partial charge in [-0.2, -0.15) is 0 Å². The summed E-state index contributed by atoms with van der Waals surface area (Å²) >= 11 is 0. The standard InChI is InChI=1S/2C11H16O.C10H18O.C10H14O.C10H20O.C9H18O.C9H12O.C9H18O.C8H16O.C8H18O.C6H14O.C5H12O/c1-10(2)12-9-8-11-6-4-3-5-7-11;1-3-10(2)12-9-11-7-5-4-6-8-11;1-2-11-7-10-6-8-3-4-9(10)5-8;1-9(2)11-8-10-6-4-3-5-7-10;1-2-11-9-8-10-6-4-3-5-7-10;2*1-8(2)10-9-6-4-3-5-7-9;1-2-10-8-9-6-4-3-5-7-9;1-7(2)9-8-5-3-4-6-8;1-4-6-8(3)9-7-5-2;1-5-7-6(2,3)4;1-5(2,3)6-4/h3-7,10H,8-9H2,1-2H3;4-8,10H,3,9H2,1-2H3;8-10H,2-7H2,1H3;3-7,9H,8H2,1-2H3;10H,2-9H2,1H3;8-9H,3-7H2,1-2H3;3-8H,1-2H3;9H,2-8H2,1H3;7-8H,3-6H2,1-2H3;8H,4-7H2,1-3H3;5H2,1-4H3;1-4H3. The predicted octanol–water partition coefficient (Wildman–Crippen LogP) is 29.7. The van der Waals surface area contributed by atoms with Crippen molar-refractivity contribution < 1.29 is 56.8 Å². The topological polar surface area (TPSA) is 111 Å². The lowest BCUT2D eigenvalue weighted by atomic mass is 9.87. The molecule has 4 aromatic rings. The maximum atomic E-state index is 5.69. The van der Waals surface area contributed by atoms with Crippen molar-refractivity contribution in [2.75, 3.05) is 66.6 Å². The van der Waals surface area contributed by atoms with Crippen LogP contribution < -0.4 is 4.74 Å².